The van der Waals surface area contributed by atoms with Crippen LogP contribution in [0.4, 0.5) is 0 Å². The van der Waals surface area contributed by atoms with Gasteiger partial charge in [-0.25, -0.2) is 0 Å². The lowest BCUT2D eigenvalue weighted by Crippen LogP contribution is -2.24. The monoisotopic (exact) mass is 228 g/mol. The van der Waals surface area contributed by atoms with Gasteiger partial charge in [-0.3, -0.25) is 9.59 Å². The number of rotatable bonds is 2. The maximum atomic E-state index is 12.4. The number of ketones is 2. The van der Waals surface area contributed by atoms with Crippen molar-refractivity contribution in [1.29, 1.82) is 0 Å². The second kappa shape index (κ2) is 4.10. The van der Waals surface area contributed by atoms with E-state index in [-0.39, 0.29) is 23.4 Å². The van der Waals surface area contributed by atoms with Crippen molar-refractivity contribution in [3.05, 3.63) is 35.4 Å². The van der Waals surface area contributed by atoms with Crippen LogP contribution in [0.1, 0.15) is 41.6 Å². The summed E-state index contributed by atoms with van der Waals surface area (Å²) in [5, 5.41) is 0. The van der Waals surface area contributed by atoms with E-state index in [4.69, 9.17) is 0 Å². The zero-order chi connectivity index (χ0) is 11.8. The van der Waals surface area contributed by atoms with Crippen LogP contribution in [0.5, 0.6) is 0 Å². The highest BCUT2D eigenvalue weighted by Crippen LogP contribution is 2.36. The predicted octanol–water partition coefficient (Wildman–Crippen LogP) is 2.80. The van der Waals surface area contributed by atoms with E-state index >= 15 is 0 Å². The first-order valence-electron chi connectivity index (χ1n) is 6.43. The Kier molecular flexibility index (Phi) is 2.58. The summed E-state index contributed by atoms with van der Waals surface area (Å²) in [4.78, 5) is 24.5. The lowest BCUT2D eigenvalue weighted by atomic mass is 9.89. The highest BCUT2D eigenvalue weighted by atomic mass is 16.2. The number of carbonyl (C=O) groups is 2. The Balaban J connectivity index is 1.93. The highest BCUT2D eigenvalue weighted by Gasteiger charge is 2.39. The molecule has 0 amide bonds. The van der Waals surface area contributed by atoms with Crippen LogP contribution in [0.2, 0.25) is 0 Å². The summed E-state index contributed by atoms with van der Waals surface area (Å²) >= 11 is 0. The van der Waals surface area contributed by atoms with E-state index < -0.39 is 0 Å². The zero-order valence-corrected chi connectivity index (χ0v) is 9.82. The molecule has 88 valence electrons. The molecule has 1 atom stereocenters. The van der Waals surface area contributed by atoms with Crippen molar-refractivity contribution in [2.24, 2.45) is 11.8 Å². The number of benzene rings is 1. The topological polar surface area (TPSA) is 34.1 Å². The molecule has 2 nitrogen and oxygen atoms in total. The molecule has 3 rings (SSSR count). The van der Waals surface area contributed by atoms with Crippen LogP contribution >= 0.6 is 0 Å². The van der Waals surface area contributed by atoms with E-state index in [1.54, 1.807) is 0 Å². The van der Waals surface area contributed by atoms with Crippen molar-refractivity contribution >= 4 is 11.6 Å². The number of hydrogen-bond acceptors (Lipinski definition) is 2. The molecule has 2 heteroatoms. The summed E-state index contributed by atoms with van der Waals surface area (Å²) in [6.07, 6.45) is 4.60. The summed E-state index contributed by atoms with van der Waals surface area (Å²) in [5.74, 6) is 0.0991. The SMILES string of the molecule is O=C1c2ccccc2CCCC1C(=O)C1CC1. The molecule has 1 fully saturated rings. The third-order valence-electron chi connectivity index (χ3n) is 3.86. The van der Waals surface area contributed by atoms with Gasteiger partial charge < -0.3 is 0 Å². The highest BCUT2D eigenvalue weighted by molar-refractivity contribution is 6.12. The number of hydrogen-bond donors (Lipinski definition) is 0. The fourth-order valence-electron chi connectivity index (χ4n) is 2.72. The first-order valence-corrected chi connectivity index (χ1v) is 6.43. The van der Waals surface area contributed by atoms with E-state index in [0.717, 1.165) is 43.2 Å². The molecule has 17 heavy (non-hydrogen) atoms. The molecule has 1 aromatic carbocycles. The molecule has 0 N–H and O–H groups in total. The van der Waals surface area contributed by atoms with Crippen molar-refractivity contribution in [2.45, 2.75) is 32.1 Å². The molecule has 0 bridgehead atoms. The molecular weight excluding hydrogens is 212 g/mol. The molecule has 2 aliphatic rings. The van der Waals surface area contributed by atoms with Crippen LogP contribution in [0.3, 0.4) is 0 Å². The van der Waals surface area contributed by atoms with E-state index in [0.29, 0.717) is 0 Å². The maximum Gasteiger partial charge on any atom is 0.173 e. The van der Waals surface area contributed by atoms with Gasteiger partial charge >= 0.3 is 0 Å². The minimum Gasteiger partial charge on any atom is -0.299 e. The minimum absolute atomic E-state index is 0.0648. The average Bonchev–Trinajstić information content (AvgIpc) is 3.17. The standard InChI is InChI=1S/C15H16O2/c16-14(11-8-9-11)13-7-3-5-10-4-1-2-6-12(10)15(13)17/h1-2,4,6,11,13H,3,5,7-9H2. The van der Waals surface area contributed by atoms with Gasteiger partial charge in [0.25, 0.3) is 0 Å². The van der Waals surface area contributed by atoms with Crippen LogP contribution in [-0.2, 0) is 11.2 Å². The Morgan fingerprint density at radius 1 is 1.12 bits per heavy atom. The zero-order valence-electron chi connectivity index (χ0n) is 9.82. The van der Waals surface area contributed by atoms with Crippen LogP contribution < -0.4 is 0 Å². The van der Waals surface area contributed by atoms with Gasteiger partial charge in [-0.05, 0) is 37.7 Å². The van der Waals surface area contributed by atoms with Gasteiger partial charge in [0.1, 0.15) is 5.78 Å². The molecule has 1 saturated carbocycles. The Morgan fingerprint density at radius 3 is 2.65 bits per heavy atom. The van der Waals surface area contributed by atoms with Crippen LogP contribution in [0, 0.1) is 11.8 Å². The van der Waals surface area contributed by atoms with Gasteiger partial charge in [0.2, 0.25) is 0 Å². The second-order valence-corrected chi connectivity index (χ2v) is 5.14. The van der Waals surface area contributed by atoms with Gasteiger partial charge in [-0.15, -0.1) is 0 Å². The average molecular weight is 228 g/mol. The molecule has 0 aliphatic heterocycles. The lowest BCUT2D eigenvalue weighted by molar-refractivity contribution is -0.122. The summed E-state index contributed by atoms with van der Waals surface area (Å²) in [6.45, 7) is 0. The van der Waals surface area contributed by atoms with E-state index in [2.05, 4.69) is 0 Å². The molecule has 1 aromatic rings. The fraction of sp³-hybridized carbons (Fsp3) is 0.467. The normalized spacial score (nSPS) is 24.0. The van der Waals surface area contributed by atoms with E-state index in [1.807, 2.05) is 24.3 Å². The van der Waals surface area contributed by atoms with Crippen molar-refractivity contribution in [3.8, 4) is 0 Å². The smallest absolute Gasteiger partial charge is 0.173 e. The number of aryl methyl sites for hydroxylation is 1. The molecule has 0 heterocycles. The maximum absolute atomic E-state index is 12.4. The second-order valence-electron chi connectivity index (χ2n) is 5.14. The first kappa shape index (κ1) is 10.7. The molecular formula is C15H16O2. The molecule has 0 saturated heterocycles. The van der Waals surface area contributed by atoms with Gasteiger partial charge in [0.05, 0.1) is 5.92 Å². The first-order chi connectivity index (χ1) is 8.27. The fourth-order valence-corrected chi connectivity index (χ4v) is 2.72. The van der Waals surface area contributed by atoms with Crippen molar-refractivity contribution in [2.75, 3.05) is 0 Å². The third kappa shape index (κ3) is 1.92. The van der Waals surface area contributed by atoms with Crippen LogP contribution in [0.25, 0.3) is 0 Å². The summed E-state index contributed by atoms with van der Waals surface area (Å²) in [5.41, 5.74) is 1.90. The molecule has 0 radical (unpaired) electrons. The largest absolute Gasteiger partial charge is 0.299 e. The Labute approximate surface area is 101 Å². The predicted molar refractivity (Wildman–Crippen MR) is 64.9 cm³/mol. The summed E-state index contributed by atoms with van der Waals surface area (Å²) in [6, 6.07) is 7.74. The Bertz CT molecular complexity index is 472. The van der Waals surface area contributed by atoms with Gasteiger partial charge in [-0.2, -0.15) is 0 Å². The number of Topliss-reactive ketones (excluding diaryl/α,β-unsaturated/α-hetero) is 2. The molecule has 1 unspecified atom stereocenters. The quantitative estimate of drug-likeness (QED) is 0.576. The molecule has 2 aliphatic carbocycles. The summed E-state index contributed by atoms with van der Waals surface area (Å²) < 4.78 is 0. The van der Waals surface area contributed by atoms with Crippen LogP contribution in [0.15, 0.2) is 24.3 Å². The molecule has 0 spiro atoms. The number of fused-ring (bicyclic) bond motifs is 1. The van der Waals surface area contributed by atoms with Gasteiger partial charge in [0, 0.05) is 11.5 Å². The Hall–Kier alpha value is -1.44. The van der Waals surface area contributed by atoms with E-state index in [9.17, 15) is 9.59 Å². The third-order valence-corrected chi connectivity index (χ3v) is 3.86. The van der Waals surface area contributed by atoms with Gasteiger partial charge in [0.15, 0.2) is 5.78 Å². The van der Waals surface area contributed by atoms with Crippen molar-refractivity contribution in [3.63, 3.8) is 0 Å². The van der Waals surface area contributed by atoms with Gasteiger partial charge in [-0.1, -0.05) is 24.3 Å². The van der Waals surface area contributed by atoms with E-state index in [1.165, 1.54) is 0 Å². The van der Waals surface area contributed by atoms with Crippen LogP contribution in [-0.4, -0.2) is 11.6 Å². The number of carbonyl (C=O) groups excluding carboxylic acids is 2. The lowest BCUT2D eigenvalue weighted by Gasteiger charge is -2.11. The minimum atomic E-state index is -0.355. The Morgan fingerprint density at radius 2 is 1.88 bits per heavy atom. The van der Waals surface area contributed by atoms with Crippen molar-refractivity contribution in [1.82, 2.24) is 0 Å². The molecule has 0 aromatic heterocycles. The van der Waals surface area contributed by atoms with Crippen molar-refractivity contribution < 1.29 is 9.59 Å². The summed E-state index contributed by atoms with van der Waals surface area (Å²) in [7, 11) is 0.